The molecule has 0 unspecified atom stereocenters. The molecule has 3 N–H and O–H groups in total. The van der Waals surface area contributed by atoms with E-state index in [1.807, 2.05) is 127 Å². The Balaban J connectivity index is 0.000000311. The minimum atomic E-state index is -1.06. The molecule has 17 heteroatoms. The van der Waals surface area contributed by atoms with Crippen LogP contribution in [0.2, 0.25) is 0 Å². The van der Waals surface area contributed by atoms with E-state index in [2.05, 4.69) is 33.5 Å². The number of carbonyl (C=O) groups excluding carboxylic acids is 4. The molecule has 0 bridgehead atoms. The Labute approximate surface area is 428 Å². The molecule has 0 aliphatic heterocycles. The van der Waals surface area contributed by atoms with E-state index < -0.39 is 41.5 Å². The molecule has 69 heavy (non-hydrogen) atoms. The number of carboxylic acid groups (broad SMARTS) is 1. The van der Waals surface area contributed by atoms with Gasteiger partial charge in [-0.2, -0.15) is 22.7 Å². The summed E-state index contributed by atoms with van der Waals surface area (Å²) < 4.78 is 11.7. The Morgan fingerprint density at radius 1 is 0.681 bits per heavy atom. The van der Waals surface area contributed by atoms with Gasteiger partial charge in [-0.1, -0.05) is 84.2 Å². The van der Waals surface area contributed by atoms with Crippen molar-refractivity contribution in [2.75, 3.05) is 6.54 Å². The molecule has 5 aromatic rings. The van der Waals surface area contributed by atoms with Crippen molar-refractivity contribution < 1.29 is 38.6 Å². The maximum Gasteiger partial charge on any atom is 0.408 e. The lowest BCUT2D eigenvalue weighted by molar-refractivity contribution is -0.140. The predicted octanol–water partition coefficient (Wildman–Crippen LogP) is 12.7. The highest BCUT2D eigenvalue weighted by Crippen LogP contribution is 2.26. The van der Waals surface area contributed by atoms with Crippen LogP contribution in [0.4, 0.5) is 14.4 Å². The van der Waals surface area contributed by atoms with Gasteiger partial charge in [-0.3, -0.25) is 14.5 Å². The lowest BCUT2D eigenvalue weighted by atomic mass is 9.98. The van der Waals surface area contributed by atoms with Crippen molar-refractivity contribution in [1.82, 2.24) is 25.3 Å². The summed E-state index contributed by atoms with van der Waals surface area (Å²) in [6.07, 6.45) is 1.66. The van der Waals surface area contributed by atoms with Crippen molar-refractivity contribution in [3.05, 3.63) is 137 Å². The molecule has 0 fully saturated rings. The number of amides is 5. The molecule has 2 aromatic carbocycles. The fourth-order valence-electron chi connectivity index (χ4n) is 7.25. The highest BCUT2D eigenvalue weighted by molar-refractivity contribution is 9.10. The van der Waals surface area contributed by atoms with E-state index in [-0.39, 0.29) is 18.4 Å². The largest absolute Gasteiger partial charge is 0.465 e. The zero-order valence-corrected chi connectivity index (χ0v) is 44.8. The Bertz CT molecular complexity index is 2250. The summed E-state index contributed by atoms with van der Waals surface area (Å²) in [5, 5.41) is 25.5. The van der Waals surface area contributed by atoms with Crippen LogP contribution in [0.5, 0.6) is 0 Å². The van der Waals surface area contributed by atoms with Crippen LogP contribution < -0.4 is 10.6 Å². The number of hydrogen-bond acceptors (Lipinski definition) is 10. The Kier molecular flexibility index (Phi) is 23.2. The van der Waals surface area contributed by atoms with Gasteiger partial charge in [0.05, 0.1) is 6.54 Å². The summed E-state index contributed by atoms with van der Waals surface area (Å²) >= 11 is 8.21. The van der Waals surface area contributed by atoms with Gasteiger partial charge in [0.2, 0.25) is 11.8 Å². The number of hydrogen-bond donors (Lipinski definition) is 3. The second-order valence-electron chi connectivity index (χ2n) is 18.5. The van der Waals surface area contributed by atoms with Crippen LogP contribution in [0.1, 0.15) is 114 Å². The molecule has 0 saturated heterocycles. The van der Waals surface area contributed by atoms with Crippen LogP contribution in [0, 0.1) is 0 Å². The first-order valence-corrected chi connectivity index (χ1v) is 26.7. The van der Waals surface area contributed by atoms with Gasteiger partial charge in [0, 0.05) is 41.1 Å². The molecule has 0 saturated carbocycles. The summed E-state index contributed by atoms with van der Waals surface area (Å²) in [7, 11) is 0. The van der Waals surface area contributed by atoms with E-state index in [9.17, 15) is 29.1 Å². The van der Waals surface area contributed by atoms with Crippen LogP contribution in [0.3, 0.4) is 0 Å². The topological polar surface area (TPSA) is 158 Å². The lowest BCUT2D eigenvalue weighted by Crippen LogP contribution is -2.57. The number of carbonyl (C=O) groups is 5. The van der Waals surface area contributed by atoms with E-state index in [0.29, 0.717) is 58.4 Å². The van der Waals surface area contributed by atoms with Crippen LogP contribution in [0.25, 0.3) is 0 Å². The highest BCUT2D eigenvalue weighted by atomic mass is 79.9. The average molecular weight is 1070 g/mol. The number of thiophene rings is 3. The lowest BCUT2D eigenvalue weighted by Gasteiger charge is -2.41. The van der Waals surface area contributed by atoms with Crippen molar-refractivity contribution in [2.45, 2.75) is 143 Å². The second-order valence-corrected chi connectivity index (χ2v) is 22.0. The fourth-order valence-corrected chi connectivity index (χ4v) is 9.56. The van der Waals surface area contributed by atoms with Gasteiger partial charge in [-0.25, -0.2) is 14.4 Å². The number of nitrogens with zero attached hydrogens (tertiary/aromatic N) is 3. The molecule has 374 valence electrons. The number of halogens is 1. The molecule has 5 rings (SSSR count). The summed E-state index contributed by atoms with van der Waals surface area (Å²) in [5.41, 5.74) is 2.64. The van der Waals surface area contributed by atoms with Crippen LogP contribution in [-0.2, 0) is 51.8 Å². The first-order chi connectivity index (χ1) is 32.8. The normalized spacial score (nSPS) is 12.1. The zero-order valence-electron chi connectivity index (χ0n) is 40.8. The van der Waals surface area contributed by atoms with Crippen molar-refractivity contribution in [1.29, 1.82) is 0 Å². The van der Waals surface area contributed by atoms with Crippen molar-refractivity contribution in [2.24, 2.45) is 0 Å². The van der Waals surface area contributed by atoms with Gasteiger partial charge in [0.25, 0.3) is 0 Å². The molecule has 3 aromatic heterocycles. The number of alkyl carbamates (subject to hydrolysis) is 2. The van der Waals surface area contributed by atoms with E-state index in [0.717, 1.165) is 44.4 Å². The van der Waals surface area contributed by atoms with E-state index >= 15 is 0 Å². The number of ether oxygens (including phenoxy) is 2. The molecule has 0 aliphatic carbocycles. The third kappa shape index (κ3) is 20.7. The van der Waals surface area contributed by atoms with Gasteiger partial charge >= 0.3 is 18.3 Å². The zero-order chi connectivity index (χ0) is 50.4. The summed E-state index contributed by atoms with van der Waals surface area (Å²) in [4.78, 5) is 70.3. The Morgan fingerprint density at radius 2 is 1.30 bits per heavy atom. The molecule has 13 nitrogen and oxygen atoms in total. The van der Waals surface area contributed by atoms with Crippen LogP contribution in [0.15, 0.2) is 110 Å². The summed E-state index contributed by atoms with van der Waals surface area (Å²) in [5.74, 6) is -0.314. The third-order valence-corrected chi connectivity index (χ3v) is 13.3. The molecule has 5 amide bonds. The van der Waals surface area contributed by atoms with E-state index in [4.69, 9.17) is 9.47 Å². The Morgan fingerprint density at radius 3 is 1.84 bits per heavy atom. The maximum atomic E-state index is 13.8. The fraction of sp³-hybridized carbons (Fsp3) is 0.442. The first kappa shape index (κ1) is 56.4. The molecule has 2 atom stereocenters. The molecule has 0 spiro atoms. The standard InChI is InChI=1S/C29H37N3O5S2.C23H31BrN2O3S/c1-29(2,3)37-28(35)31-25(11-7-8-14-30-27(34)36-19-22-9-5-4-6-10-22)26(33)32(17-23-12-15-38-20-23)18-24-13-16-39-21-24;1-5-6-9-20(26(22(28)29)23(2,3)4)21(27)25(16-19-8-7-14-30-19)15-17-10-12-18(24)13-11-17/h4-6,9-10,12-13,15-16,20-21,25H,7-8,11,14,17-19H2,1-3H3,(H,30,34)(H,31,35);7-8,10-14,20H,5-6,9,15-16H2,1-4H3,(H,28,29)/t25-;20-/m00/s1. The number of unbranched alkanes of at least 4 members (excludes halogenated alkanes) is 2. The number of nitrogens with one attached hydrogen (secondary N) is 2. The van der Waals surface area contributed by atoms with E-state index in [1.165, 1.54) is 4.90 Å². The van der Waals surface area contributed by atoms with Gasteiger partial charge in [-0.05, 0) is 147 Å². The summed E-state index contributed by atoms with van der Waals surface area (Å²) in [6, 6.07) is 23.8. The van der Waals surface area contributed by atoms with Crippen molar-refractivity contribution in [3.8, 4) is 0 Å². The predicted molar refractivity (Wildman–Crippen MR) is 280 cm³/mol. The third-order valence-electron chi connectivity index (χ3n) is 10.5. The second kappa shape index (κ2) is 28.4. The monoisotopic (exact) mass is 1070 g/mol. The molecule has 3 heterocycles. The first-order valence-electron chi connectivity index (χ1n) is 23.2. The Hall–Kier alpha value is -5.23. The minimum Gasteiger partial charge on any atom is -0.465 e. The van der Waals surface area contributed by atoms with E-state index in [1.54, 1.807) is 64.6 Å². The molecule has 0 radical (unpaired) electrons. The summed E-state index contributed by atoms with van der Waals surface area (Å²) in [6.45, 7) is 15.3. The smallest absolute Gasteiger partial charge is 0.408 e. The van der Waals surface area contributed by atoms with Gasteiger partial charge < -0.3 is 35.0 Å². The maximum absolute atomic E-state index is 13.8. The number of benzene rings is 2. The molecular formula is C52H68BrN5O8S3. The van der Waals surface area contributed by atoms with Crippen LogP contribution >= 0.6 is 49.9 Å². The number of rotatable bonds is 22. The molecule has 0 aliphatic rings. The van der Waals surface area contributed by atoms with Crippen molar-refractivity contribution >= 4 is 80.0 Å². The quantitative estimate of drug-likeness (QED) is 0.0578. The minimum absolute atomic E-state index is 0.142. The van der Waals surface area contributed by atoms with Crippen molar-refractivity contribution in [3.63, 3.8) is 0 Å². The SMILES string of the molecule is CC(C)(C)OC(=O)N[C@@H](CCCCNC(=O)OCc1ccccc1)C(=O)N(Cc1ccsc1)Cc1ccsc1.CCCC[C@@H](C(=O)N(Cc1ccc(Br)cc1)Cc1cccs1)N(C(=O)O)C(C)(C)C. The van der Waals surface area contributed by atoms with Gasteiger partial charge in [0.15, 0.2) is 0 Å². The molecular weight excluding hydrogens is 999 g/mol. The average Bonchev–Trinajstić information content (AvgIpc) is 4.12. The van der Waals surface area contributed by atoms with Crippen LogP contribution in [-0.4, -0.2) is 79.7 Å². The van der Waals surface area contributed by atoms with Gasteiger partial charge in [-0.15, -0.1) is 11.3 Å². The van der Waals surface area contributed by atoms with Gasteiger partial charge in [0.1, 0.15) is 24.3 Å². The highest BCUT2D eigenvalue weighted by Gasteiger charge is 2.39.